The van der Waals surface area contributed by atoms with Gasteiger partial charge >= 0.3 is 5.97 Å². The summed E-state index contributed by atoms with van der Waals surface area (Å²) < 4.78 is 29.3. The van der Waals surface area contributed by atoms with Gasteiger partial charge in [0, 0.05) is 5.56 Å². The predicted molar refractivity (Wildman–Crippen MR) is 113 cm³/mol. The fraction of sp³-hybridized carbons (Fsp3) is 0.190. The average Bonchev–Trinajstić information content (AvgIpc) is 3.00. The van der Waals surface area contributed by atoms with Crippen LogP contribution in [-0.4, -0.2) is 42.8 Å². The van der Waals surface area contributed by atoms with Crippen molar-refractivity contribution in [3.63, 3.8) is 0 Å². The summed E-state index contributed by atoms with van der Waals surface area (Å²) in [4.78, 5) is 36.8. The average molecular weight is 466 g/mol. The van der Waals surface area contributed by atoms with Crippen LogP contribution in [0.5, 0.6) is 11.5 Å². The van der Waals surface area contributed by atoms with Crippen molar-refractivity contribution in [3.8, 4) is 11.5 Å². The van der Waals surface area contributed by atoms with E-state index in [0.29, 0.717) is 22.9 Å². The molecule has 1 saturated heterocycles. The monoisotopic (exact) mass is 465 g/mol. The molecule has 0 bridgehead atoms. The van der Waals surface area contributed by atoms with Gasteiger partial charge in [0.25, 0.3) is 11.1 Å². The maximum absolute atomic E-state index is 13.8. The topological polar surface area (TPSA) is 82.1 Å². The summed E-state index contributed by atoms with van der Waals surface area (Å²) in [5.41, 5.74) is 0.827. The van der Waals surface area contributed by atoms with Crippen molar-refractivity contribution in [1.82, 2.24) is 4.90 Å². The Morgan fingerprint density at radius 1 is 1.23 bits per heavy atom. The van der Waals surface area contributed by atoms with Crippen LogP contribution in [0.4, 0.5) is 9.18 Å². The first-order chi connectivity index (χ1) is 14.8. The Balaban J connectivity index is 1.83. The van der Waals surface area contributed by atoms with E-state index in [1.54, 1.807) is 24.3 Å². The fourth-order valence-corrected chi connectivity index (χ4v) is 3.82. The largest absolute Gasteiger partial charge is 0.493 e. The van der Waals surface area contributed by atoms with Gasteiger partial charge in [-0.15, -0.1) is 0 Å². The van der Waals surface area contributed by atoms with E-state index < -0.39 is 29.5 Å². The molecule has 7 nitrogen and oxygen atoms in total. The Labute approximate surface area is 186 Å². The van der Waals surface area contributed by atoms with E-state index in [1.165, 1.54) is 32.4 Å². The molecular formula is C21H17ClFNO6S. The van der Waals surface area contributed by atoms with E-state index in [2.05, 4.69) is 4.74 Å². The highest BCUT2D eigenvalue weighted by Crippen LogP contribution is 2.39. The van der Waals surface area contributed by atoms with Gasteiger partial charge in [0.2, 0.25) is 0 Å². The number of imide groups is 1. The minimum Gasteiger partial charge on any atom is -0.493 e. The number of thioether (sulfide) groups is 1. The number of benzene rings is 2. The van der Waals surface area contributed by atoms with Crippen LogP contribution in [0.2, 0.25) is 5.02 Å². The summed E-state index contributed by atoms with van der Waals surface area (Å²) in [7, 11) is 2.58. The number of nitrogens with zero attached hydrogens (tertiary/aromatic N) is 1. The maximum Gasteiger partial charge on any atom is 0.325 e. The molecule has 10 heteroatoms. The standard InChI is InChI=1S/C21H17ClFNO6S/c1-28-16-8-12(9-17-20(26)24(21(27)31-17)10-18(25)29-2)7-14(22)19(16)30-11-13-5-3-4-6-15(13)23/h3-9H,10-11H2,1-2H3. The quantitative estimate of drug-likeness (QED) is 0.446. The van der Waals surface area contributed by atoms with Gasteiger partial charge < -0.3 is 14.2 Å². The summed E-state index contributed by atoms with van der Waals surface area (Å²) in [5.74, 6) is -1.25. The molecule has 162 valence electrons. The fourth-order valence-electron chi connectivity index (χ4n) is 2.71. The lowest BCUT2D eigenvalue weighted by Gasteiger charge is -2.14. The summed E-state index contributed by atoms with van der Waals surface area (Å²) >= 11 is 7.02. The number of hydrogen-bond donors (Lipinski definition) is 0. The summed E-state index contributed by atoms with van der Waals surface area (Å²) in [6.07, 6.45) is 1.46. The van der Waals surface area contributed by atoms with E-state index in [-0.39, 0.29) is 28.0 Å². The number of carbonyl (C=O) groups is 3. The van der Waals surface area contributed by atoms with Crippen molar-refractivity contribution in [2.24, 2.45) is 0 Å². The van der Waals surface area contributed by atoms with Gasteiger partial charge in [-0.25, -0.2) is 4.39 Å². The summed E-state index contributed by atoms with van der Waals surface area (Å²) in [5, 5.41) is -0.403. The molecule has 0 radical (unpaired) electrons. The van der Waals surface area contributed by atoms with Crippen LogP contribution >= 0.6 is 23.4 Å². The first-order valence-corrected chi connectivity index (χ1v) is 10.1. The molecule has 1 aliphatic rings. The van der Waals surface area contributed by atoms with Gasteiger partial charge in [-0.05, 0) is 41.6 Å². The Morgan fingerprint density at radius 2 is 1.97 bits per heavy atom. The third-order valence-electron chi connectivity index (χ3n) is 4.27. The highest BCUT2D eigenvalue weighted by atomic mass is 35.5. The zero-order valence-electron chi connectivity index (χ0n) is 16.5. The molecular weight excluding hydrogens is 449 g/mol. The number of halogens is 2. The lowest BCUT2D eigenvalue weighted by molar-refractivity contribution is -0.143. The molecule has 0 aliphatic carbocycles. The molecule has 0 N–H and O–H groups in total. The minimum absolute atomic E-state index is 0.0610. The molecule has 1 heterocycles. The van der Waals surface area contributed by atoms with Gasteiger partial charge in [-0.1, -0.05) is 29.8 Å². The first-order valence-electron chi connectivity index (χ1n) is 8.90. The molecule has 2 aromatic carbocycles. The van der Waals surface area contributed by atoms with Crippen molar-refractivity contribution >= 4 is 46.6 Å². The zero-order chi connectivity index (χ0) is 22.5. The molecule has 0 unspecified atom stereocenters. The van der Waals surface area contributed by atoms with Crippen LogP contribution in [0.25, 0.3) is 6.08 Å². The van der Waals surface area contributed by atoms with E-state index >= 15 is 0 Å². The Hall–Kier alpha value is -3.04. The van der Waals surface area contributed by atoms with Crippen LogP contribution in [0.1, 0.15) is 11.1 Å². The predicted octanol–water partition coefficient (Wildman–Crippen LogP) is 4.28. The Kier molecular flexibility index (Phi) is 7.19. The number of carbonyl (C=O) groups excluding carboxylic acids is 3. The maximum atomic E-state index is 13.8. The van der Waals surface area contributed by atoms with Crippen molar-refractivity contribution < 1.29 is 33.0 Å². The third kappa shape index (κ3) is 5.18. The molecule has 0 saturated carbocycles. The van der Waals surface area contributed by atoms with Crippen LogP contribution in [0.15, 0.2) is 41.3 Å². The molecule has 0 spiro atoms. The Morgan fingerprint density at radius 3 is 2.65 bits per heavy atom. The second kappa shape index (κ2) is 9.84. The van der Waals surface area contributed by atoms with Crippen LogP contribution in [0.3, 0.4) is 0 Å². The summed E-state index contributed by atoms with van der Waals surface area (Å²) in [6, 6.07) is 9.28. The van der Waals surface area contributed by atoms with Crippen LogP contribution in [0, 0.1) is 5.82 Å². The summed E-state index contributed by atoms with van der Waals surface area (Å²) in [6.45, 7) is -0.528. The second-order valence-corrected chi connectivity index (χ2v) is 7.66. The highest BCUT2D eigenvalue weighted by molar-refractivity contribution is 8.18. The molecule has 1 fully saturated rings. The van der Waals surface area contributed by atoms with Gasteiger partial charge in [-0.2, -0.15) is 0 Å². The molecule has 0 aromatic heterocycles. The van der Waals surface area contributed by atoms with E-state index in [4.69, 9.17) is 21.1 Å². The van der Waals surface area contributed by atoms with Crippen molar-refractivity contribution in [2.75, 3.05) is 20.8 Å². The zero-order valence-corrected chi connectivity index (χ0v) is 18.1. The van der Waals surface area contributed by atoms with E-state index in [1.807, 2.05) is 0 Å². The van der Waals surface area contributed by atoms with E-state index in [9.17, 15) is 18.8 Å². The number of methoxy groups -OCH3 is 2. The first kappa shape index (κ1) is 22.6. The van der Waals surface area contributed by atoms with E-state index in [0.717, 1.165) is 4.90 Å². The number of esters is 1. The van der Waals surface area contributed by atoms with Crippen molar-refractivity contribution in [2.45, 2.75) is 6.61 Å². The number of ether oxygens (including phenoxy) is 3. The third-order valence-corrected chi connectivity index (χ3v) is 5.46. The van der Waals surface area contributed by atoms with Crippen LogP contribution in [-0.2, 0) is 20.9 Å². The van der Waals surface area contributed by atoms with Crippen molar-refractivity contribution in [1.29, 1.82) is 0 Å². The van der Waals surface area contributed by atoms with Crippen LogP contribution < -0.4 is 9.47 Å². The number of hydrogen-bond acceptors (Lipinski definition) is 7. The second-order valence-electron chi connectivity index (χ2n) is 6.26. The lowest BCUT2D eigenvalue weighted by atomic mass is 10.1. The highest BCUT2D eigenvalue weighted by Gasteiger charge is 2.36. The minimum atomic E-state index is -0.704. The van der Waals surface area contributed by atoms with Gasteiger partial charge in [0.05, 0.1) is 24.1 Å². The van der Waals surface area contributed by atoms with Crippen molar-refractivity contribution in [3.05, 3.63) is 63.3 Å². The van der Waals surface area contributed by atoms with Gasteiger partial charge in [0.15, 0.2) is 11.5 Å². The number of amides is 2. The molecule has 31 heavy (non-hydrogen) atoms. The molecule has 1 aliphatic heterocycles. The van der Waals surface area contributed by atoms with Gasteiger partial charge in [0.1, 0.15) is 19.0 Å². The molecule has 2 amide bonds. The molecule has 0 atom stereocenters. The Bertz CT molecular complexity index is 1070. The lowest BCUT2D eigenvalue weighted by Crippen LogP contribution is -2.34. The SMILES string of the molecule is COC(=O)CN1C(=O)SC(=Cc2cc(Cl)c(OCc3ccccc3F)c(OC)c2)C1=O. The molecule has 2 aromatic rings. The number of rotatable bonds is 7. The smallest absolute Gasteiger partial charge is 0.325 e. The normalized spacial score (nSPS) is 14.8. The molecule has 3 rings (SSSR count). The van der Waals surface area contributed by atoms with Gasteiger partial charge in [-0.3, -0.25) is 19.3 Å².